The summed E-state index contributed by atoms with van der Waals surface area (Å²) < 4.78 is 14.3. The van der Waals surface area contributed by atoms with Gasteiger partial charge in [-0.25, -0.2) is 4.39 Å². The summed E-state index contributed by atoms with van der Waals surface area (Å²) >= 11 is 1.69. The van der Waals surface area contributed by atoms with Gasteiger partial charge in [-0.15, -0.1) is 11.3 Å². The van der Waals surface area contributed by atoms with Crippen LogP contribution >= 0.6 is 11.3 Å². The molecular formula is C17H15FOS. The second-order valence-corrected chi connectivity index (χ2v) is 5.89. The van der Waals surface area contributed by atoms with Crippen molar-refractivity contribution in [1.82, 2.24) is 0 Å². The minimum absolute atomic E-state index is 0.264. The number of halogens is 1. The Bertz CT molecular complexity index is 748. The van der Waals surface area contributed by atoms with Crippen LogP contribution in [-0.2, 0) is 6.42 Å². The zero-order chi connectivity index (χ0) is 14.1. The zero-order valence-corrected chi connectivity index (χ0v) is 12.0. The van der Waals surface area contributed by atoms with E-state index in [-0.39, 0.29) is 5.82 Å². The monoisotopic (exact) mass is 286 g/mol. The maximum Gasteiger partial charge on any atom is 0.123 e. The van der Waals surface area contributed by atoms with Crippen LogP contribution in [0.3, 0.4) is 0 Å². The van der Waals surface area contributed by atoms with Crippen LogP contribution in [0.5, 0.6) is 0 Å². The summed E-state index contributed by atoms with van der Waals surface area (Å²) in [6.45, 7) is 1.83. The van der Waals surface area contributed by atoms with Crippen LogP contribution in [0.15, 0.2) is 47.8 Å². The van der Waals surface area contributed by atoms with Crippen LogP contribution < -0.4 is 0 Å². The first-order valence-electron chi connectivity index (χ1n) is 6.54. The van der Waals surface area contributed by atoms with Gasteiger partial charge in [-0.2, -0.15) is 0 Å². The van der Waals surface area contributed by atoms with Crippen LogP contribution in [-0.4, -0.2) is 5.11 Å². The molecule has 0 saturated carbocycles. The highest BCUT2D eigenvalue weighted by Gasteiger charge is 2.14. The minimum Gasteiger partial charge on any atom is -0.388 e. The van der Waals surface area contributed by atoms with Crippen molar-refractivity contribution in [2.75, 3.05) is 0 Å². The van der Waals surface area contributed by atoms with Crippen molar-refractivity contribution in [3.05, 3.63) is 70.4 Å². The number of hydrogen-bond acceptors (Lipinski definition) is 2. The smallest absolute Gasteiger partial charge is 0.123 e. The first-order chi connectivity index (χ1) is 9.65. The number of thiophene rings is 1. The van der Waals surface area contributed by atoms with Gasteiger partial charge in [-0.1, -0.05) is 24.3 Å². The maximum atomic E-state index is 13.1. The summed E-state index contributed by atoms with van der Waals surface area (Å²) in [6, 6.07) is 12.7. The standard InChI is InChI=1S/C17H15FOS/c1-11-8-13(18)6-7-14(11)16(19)9-12-10-20-17-5-3-2-4-15(12)17/h2-8,10,16,19H,9H2,1H3. The summed E-state index contributed by atoms with van der Waals surface area (Å²) in [7, 11) is 0. The van der Waals surface area contributed by atoms with Gasteiger partial charge in [0.1, 0.15) is 5.82 Å². The molecule has 102 valence electrons. The summed E-state index contributed by atoms with van der Waals surface area (Å²) in [6.07, 6.45) is -0.0511. The Morgan fingerprint density at radius 3 is 2.80 bits per heavy atom. The molecule has 3 heteroatoms. The lowest BCUT2D eigenvalue weighted by Gasteiger charge is -2.13. The summed E-state index contributed by atoms with van der Waals surface area (Å²) in [5, 5.41) is 13.7. The van der Waals surface area contributed by atoms with Crippen LogP contribution in [0, 0.1) is 12.7 Å². The van der Waals surface area contributed by atoms with Crippen molar-refractivity contribution in [3.63, 3.8) is 0 Å². The normalized spacial score (nSPS) is 12.8. The Kier molecular flexibility index (Phi) is 3.55. The molecule has 1 nitrogen and oxygen atoms in total. The molecule has 0 bridgehead atoms. The van der Waals surface area contributed by atoms with Gasteiger partial charge in [0, 0.05) is 11.1 Å². The van der Waals surface area contributed by atoms with Crippen molar-refractivity contribution in [1.29, 1.82) is 0 Å². The molecule has 0 aliphatic heterocycles. The molecule has 0 spiro atoms. The number of aliphatic hydroxyl groups excluding tert-OH is 1. The molecule has 1 heterocycles. The number of rotatable bonds is 3. The van der Waals surface area contributed by atoms with E-state index in [0.29, 0.717) is 6.42 Å². The average molecular weight is 286 g/mol. The van der Waals surface area contributed by atoms with Gasteiger partial charge in [0.25, 0.3) is 0 Å². The van der Waals surface area contributed by atoms with E-state index in [2.05, 4.69) is 17.5 Å². The molecule has 3 aromatic rings. The summed E-state index contributed by atoms with van der Waals surface area (Å²) in [5.74, 6) is -0.264. The van der Waals surface area contributed by atoms with E-state index in [4.69, 9.17) is 0 Å². The largest absolute Gasteiger partial charge is 0.388 e. The highest BCUT2D eigenvalue weighted by atomic mass is 32.1. The Balaban J connectivity index is 1.90. The molecule has 0 amide bonds. The third-order valence-corrected chi connectivity index (χ3v) is 4.58. The van der Waals surface area contributed by atoms with Crippen molar-refractivity contribution in [2.45, 2.75) is 19.4 Å². The Hall–Kier alpha value is -1.71. The number of benzene rings is 2. The predicted octanol–water partition coefficient (Wildman–Crippen LogP) is 4.62. The molecule has 2 aromatic carbocycles. The van der Waals surface area contributed by atoms with E-state index in [9.17, 15) is 9.50 Å². The van der Waals surface area contributed by atoms with Crippen LogP contribution in [0.2, 0.25) is 0 Å². The van der Waals surface area contributed by atoms with E-state index in [0.717, 1.165) is 16.7 Å². The van der Waals surface area contributed by atoms with Gasteiger partial charge in [-0.05, 0) is 52.6 Å². The zero-order valence-electron chi connectivity index (χ0n) is 11.1. The van der Waals surface area contributed by atoms with Crippen LogP contribution in [0.25, 0.3) is 10.1 Å². The van der Waals surface area contributed by atoms with Crippen LogP contribution in [0.4, 0.5) is 4.39 Å². The molecule has 0 aliphatic rings. The van der Waals surface area contributed by atoms with E-state index in [1.54, 1.807) is 17.4 Å². The fourth-order valence-electron chi connectivity index (χ4n) is 2.52. The molecule has 1 unspecified atom stereocenters. The summed E-state index contributed by atoms with van der Waals surface area (Å²) in [4.78, 5) is 0. The van der Waals surface area contributed by atoms with Gasteiger partial charge in [0.05, 0.1) is 6.10 Å². The minimum atomic E-state index is -0.603. The molecule has 0 fully saturated rings. The quantitative estimate of drug-likeness (QED) is 0.744. The first-order valence-corrected chi connectivity index (χ1v) is 7.42. The third kappa shape index (κ3) is 2.47. The molecule has 3 rings (SSSR count). The van der Waals surface area contributed by atoms with Crippen molar-refractivity contribution >= 4 is 21.4 Å². The molecule has 1 N–H and O–H groups in total. The topological polar surface area (TPSA) is 20.2 Å². The maximum absolute atomic E-state index is 13.1. The second kappa shape index (κ2) is 5.35. The van der Waals surface area contributed by atoms with Gasteiger partial charge < -0.3 is 5.11 Å². The SMILES string of the molecule is Cc1cc(F)ccc1C(O)Cc1csc2ccccc12. The number of aliphatic hydroxyl groups is 1. The van der Waals surface area contributed by atoms with Crippen LogP contribution in [0.1, 0.15) is 22.8 Å². The lowest BCUT2D eigenvalue weighted by molar-refractivity contribution is 0.178. The molecule has 1 aromatic heterocycles. The van der Waals surface area contributed by atoms with Gasteiger partial charge in [0.2, 0.25) is 0 Å². The molecule has 0 aliphatic carbocycles. The molecule has 20 heavy (non-hydrogen) atoms. The number of aryl methyl sites for hydroxylation is 1. The lowest BCUT2D eigenvalue weighted by Crippen LogP contribution is -2.03. The molecule has 0 saturated heterocycles. The molecular weight excluding hydrogens is 271 g/mol. The first kappa shape index (κ1) is 13.3. The second-order valence-electron chi connectivity index (χ2n) is 4.98. The van der Waals surface area contributed by atoms with E-state index < -0.39 is 6.10 Å². The van der Waals surface area contributed by atoms with Gasteiger partial charge in [0.15, 0.2) is 0 Å². The predicted molar refractivity (Wildman–Crippen MR) is 81.6 cm³/mol. The Labute approximate surface area is 121 Å². The van der Waals surface area contributed by atoms with E-state index in [1.165, 1.54) is 22.2 Å². The van der Waals surface area contributed by atoms with Crippen molar-refractivity contribution < 1.29 is 9.50 Å². The van der Waals surface area contributed by atoms with E-state index in [1.807, 2.05) is 19.1 Å². The number of fused-ring (bicyclic) bond motifs is 1. The molecule has 0 radical (unpaired) electrons. The highest BCUT2D eigenvalue weighted by molar-refractivity contribution is 7.17. The fourth-order valence-corrected chi connectivity index (χ4v) is 3.50. The Morgan fingerprint density at radius 1 is 1.20 bits per heavy atom. The lowest BCUT2D eigenvalue weighted by atomic mass is 9.97. The van der Waals surface area contributed by atoms with Gasteiger partial charge >= 0.3 is 0 Å². The summed E-state index contributed by atoms with van der Waals surface area (Å²) in [5.41, 5.74) is 2.72. The van der Waals surface area contributed by atoms with Crippen molar-refractivity contribution in [3.8, 4) is 0 Å². The third-order valence-electron chi connectivity index (χ3n) is 3.57. The van der Waals surface area contributed by atoms with E-state index >= 15 is 0 Å². The van der Waals surface area contributed by atoms with Crippen molar-refractivity contribution in [2.24, 2.45) is 0 Å². The fraction of sp³-hybridized carbons (Fsp3) is 0.176. The van der Waals surface area contributed by atoms with Gasteiger partial charge in [-0.3, -0.25) is 0 Å². The highest BCUT2D eigenvalue weighted by Crippen LogP contribution is 2.30. The molecule has 1 atom stereocenters. The Morgan fingerprint density at radius 2 is 2.00 bits per heavy atom. The average Bonchev–Trinajstić information content (AvgIpc) is 2.82. The number of hydrogen-bond donors (Lipinski definition) is 1.